The molecule has 1 aromatic rings. The molecule has 1 aromatic heterocycles. The highest BCUT2D eigenvalue weighted by Gasteiger charge is 2.01. The molecule has 0 spiro atoms. The first-order chi connectivity index (χ1) is 6.68. The molecule has 0 atom stereocenters. The molecule has 0 fully saturated rings. The monoisotopic (exact) mass is 193 g/mol. The summed E-state index contributed by atoms with van der Waals surface area (Å²) in [6.45, 7) is 0. The lowest BCUT2D eigenvalue weighted by molar-refractivity contribution is -0.305. The Morgan fingerprint density at radius 1 is 1.43 bits per heavy atom. The standard InChI is InChI=1S/C9H10N2O3/c12-8(3-4-9(13)14)11-7-2-1-5-10-6-7/h1-2,5-6H,3-4H2,(H,11,12)(H,13,14)/p-1. The zero-order chi connectivity index (χ0) is 10.4. The van der Waals surface area contributed by atoms with Crippen LogP contribution in [0.1, 0.15) is 12.8 Å². The van der Waals surface area contributed by atoms with E-state index < -0.39 is 5.97 Å². The number of aromatic nitrogens is 1. The topological polar surface area (TPSA) is 82.1 Å². The molecule has 0 bridgehead atoms. The Hall–Kier alpha value is -1.91. The molecule has 0 aliphatic carbocycles. The first kappa shape index (κ1) is 10.2. The number of anilines is 1. The van der Waals surface area contributed by atoms with E-state index in [1.807, 2.05) is 0 Å². The van der Waals surface area contributed by atoms with Crippen molar-refractivity contribution in [2.45, 2.75) is 12.8 Å². The predicted molar refractivity (Wildman–Crippen MR) is 47.1 cm³/mol. The van der Waals surface area contributed by atoms with Gasteiger partial charge in [-0.1, -0.05) is 0 Å². The largest absolute Gasteiger partial charge is 0.550 e. The van der Waals surface area contributed by atoms with Gasteiger partial charge >= 0.3 is 0 Å². The highest BCUT2D eigenvalue weighted by Crippen LogP contribution is 2.03. The Morgan fingerprint density at radius 3 is 2.79 bits per heavy atom. The van der Waals surface area contributed by atoms with Gasteiger partial charge in [0, 0.05) is 18.6 Å². The number of nitrogens with zero attached hydrogens (tertiary/aromatic N) is 1. The normalized spacial score (nSPS) is 9.43. The van der Waals surface area contributed by atoms with Gasteiger partial charge in [0.15, 0.2) is 0 Å². The molecule has 5 heteroatoms. The Morgan fingerprint density at radius 2 is 2.21 bits per heavy atom. The quantitative estimate of drug-likeness (QED) is 0.702. The average Bonchev–Trinajstić information content (AvgIpc) is 2.16. The van der Waals surface area contributed by atoms with Gasteiger partial charge in [0.2, 0.25) is 5.91 Å². The summed E-state index contributed by atoms with van der Waals surface area (Å²) in [5, 5.41) is 12.6. The van der Waals surface area contributed by atoms with Crippen molar-refractivity contribution in [2.75, 3.05) is 5.32 Å². The molecule has 1 heterocycles. The average molecular weight is 193 g/mol. The first-order valence-corrected chi connectivity index (χ1v) is 4.08. The van der Waals surface area contributed by atoms with Crippen molar-refractivity contribution < 1.29 is 14.7 Å². The van der Waals surface area contributed by atoms with Crippen LogP contribution in [-0.2, 0) is 9.59 Å². The molecule has 0 aliphatic rings. The number of carboxylic acids is 1. The van der Waals surface area contributed by atoms with Crippen molar-refractivity contribution in [1.29, 1.82) is 0 Å². The number of carboxylic acid groups (broad SMARTS) is 1. The number of hydrogen-bond acceptors (Lipinski definition) is 4. The Bertz CT molecular complexity index is 324. The van der Waals surface area contributed by atoms with Crippen LogP contribution in [-0.4, -0.2) is 16.9 Å². The smallest absolute Gasteiger partial charge is 0.224 e. The minimum atomic E-state index is -1.23. The zero-order valence-corrected chi connectivity index (χ0v) is 7.40. The number of nitrogens with one attached hydrogen (secondary N) is 1. The first-order valence-electron chi connectivity index (χ1n) is 4.08. The van der Waals surface area contributed by atoms with Crippen LogP contribution in [0.25, 0.3) is 0 Å². The Kier molecular flexibility index (Phi) is 3.60. The summed E-state index contributed by atoms with van der Waals surface area (Å²) < 4.78 is 0. The molecule has 1 rings (SSSR count). The van der Waals surface area contributed by atoms with Crippen molar-refractivity contribution in [2.24, 2.45) is 0 Å². The van der Waals surface area contributed by atoms with Gasteiger partial charge in [-0.3, -0.25) is 9.78 Å². The molecule has 1 amide bonds. The third-order valence-corrected chi connectivity index (χ3v) is 1.50. The molecular formula is C9H9N2O3-. The lowest BCUT2D eigenvalue weighted by Crippen LogP contribution is -2.24. The summed E-state index contributed by atoms with van der Waals surface area (Å²) in [6, 6.07) is 3.35. The number of carbonyl (C=O) groups excluding carboxylic acids is 2. The van der Waals surface area contributed by atoms with Crippen molar-refractivity contribution in [3.8, 4) is 0 Å². The fourth-order valence-electron chi connectivity index (χ4n) is 0.876. The SMILES string of the molecule is O=C([O-])CCC(=O)Nc1cccnc1. The van der Waals surface area contributed by atoms with Gasteiger partial charge in [-0.2, -0.15) is 0 Å². The number of amides is 1. The van der Waals surface area contributed by atoms with Crippen LogP contribution in [0, 0.1) is 0 Å². The summed E-state index contributed by atoms with van der Waals surface area (Å²) >= 11 is 0. The number of aliphatic carboxylic acids is 1. The maximum atomic E-state index is 11.1. The molecule has 0 saturated heterocycles. The summed E-state index contributed by atoms with van der Waals surface area (Å²) in [4.78, 5) is 24.9. The molecule has 0 radical (unpaired) electrons. The fourth-order valence-corrected chi connectivity index (χ4v) is 0.876. The molecule has 0 saturated carbocycles. The molecule has 1 N–H and O–H groups in total. The lowest BCUT2D eigenvalue weighted by atomic mass is 10.3. The van der Waals surface area contributed by atoms with Crippen molar-refractivity contribution in [1.82, 2.24) is 4.98 Å². The second kappa shape index (κ2) is 4.96. The van der Waals surface area contributed by atoms with Gasteiger partial charge in [0.05, 0.1) is 11.9 Å². The summed E-state index contributed by atoms with van der Waals surface area (Å²) in [5.74, 6) is -1.59. The third-order valence-electron chi connectivity index (χ3n) is 1.50. The second-order valence-corrected chi connectivity index (χ2v) is 2.66. The predicted octanol–water partition coefficient (Wildman–Crippen LogP) is -0.450. The van der Waals surface area contributed by atoms with E-state index in [1.165, 1.54) is 6.20 Å². The van der Waals surface area contributed by atoms with Gasteiger partial charge in [-0.25, -0.2) is 0 Å². The molecule has 0 aliphatic heterocycles. The van der Waals surface area contributed by atoms with E-state index in [-0.39, 0.29) is 18.7 Å². The van der Waals surface area contributed by atoms with Gasteiger partial charge in [0.1, 0.15) is 0 Å². The Balaban J connectivity index is 2.38. The Labute approximate surface area is 80.8 Å². The van der Waals surface area contributed by atoms with Crippen LogP contribution < -0.4 is 10.4 Å². The number of rotatable bonds is 4. The van der Waals surface area contributed by atoms with Gasteiger partial charge in [-0.05, 0) is 18.6 Å². The summed E-state index contributed by atoms with van der Waals surface area (Å²) in [6.07, 6.45) is 2.71. The highest BCUT2D eigenvalue weighted by atomic mass is 16.4. The van der Waals surface area contributed by atoms with Crippen LogP contribution in [0.5, 0.6) is 0 Å². The van der Waals surface area contributed by atoms with Gasteiger partial charge in [-0.15, -0.1) is 0 Å². The molecule has 0 aromatic carbocycles. The van der Waals surface area contributed by atoms with Crippen LogP contribution >= 0.6 is 0 Å². The summed E-state index contributed by atoms with van der Waals surface area (Å²) in [7, 11) is 0. The van der Waals surface area contributed by atoms with Crippen molar-refractivity contribution in [3.05, 3.63) is 24.5 Å². The van der Waals surface area contributed by atoms with Crippen LogP contribution in [0.4, 0.5) is 5.69 Å². The van der Waals surface area contributed by atoms with E-state index >= 15 is 0 Å². The number of carbonyl (C=O) groups is 2. The minimum Gasteiger partial charge on any atom is -0.550 e. The van der Waals surface area contributed by atoms with Crippen LogP contribution in [0.15, 0.2) is 24.5 Å². The van der Waals surface area contributed by atoms with Gasteiger partial charge in [0.25, 0.3) is 0 Å². The maximum Gasteiger partial charge on any atom is 0.224 e. The van der Waals surface area contributed by atoms with Crippen molar-refractivity contribution in [3.63, 3.8) is 0 Å². The van der Waals surface area contributed by atoms with E-state index in [1.54, 1.807) is 18.3 Å². The number of pyridine rings is 1. The molecule has 0 unspecified atom stereocenters. The molecular weight excluding hydrogens is 184 g/mol. The van der Waals surface area contributed by atoms with E-state index in [9.17, 15) is 14.7 Å². The number of hydrogen-bond donors (Lipinski definition) is 1. The molecule has 74 valence electrons. The van der Waals surface area contributed by atoms with Crippen LogP contribution in [0.3, 0.4) is 0 Å². The van der Waals surface area contributed by atoms with Crippen LogP contribution in [0.2, 0.25) is 0 Å². The molecule has 14 heavy (non-hydrogen) atoms. The lowest BCUT2D eigenvalue weighted by Gasteiger charge is -2.04. The van der Waals surface area contributed by atoms with E-state index in [4.69, 9.17) is 0 Å². The molecule has 5 nitrogen and oxygen atoms in total. The van der Waals surface area contributed by atoms with E-state index in [0.717, 1.165) is 0 Å². The zero-order valence-electron chi connectivity index (χ0n) is 7.40. The maximum absolute atomic E-state index is 11.1. The fraction of sp³-hybridized carbons (Fsp3) is 0.222. The highest BCUT2D eigenvalue weighted by molar-refractivity contribution is 5.92. The summed E-state index contributed by atoms with van der Waals surface area (Å²) in [5.41, 5.74) is 0.552. The van der Waals surface area contributed by atoms with Crippen molar-refractivity contribution >= 4 is 17.6 Å². The third kappa shape index (κ3) is 3.66. The van der Waals surface area contributed by atoms with Gasteiger partial charge < -0.3 is 15.2 Å². The van der Waals surface area contributed by atoms with E-state index in [0.29, 0.717) is 5.69 Å². The van der Waals surface area contributed by atoms with E-state index in [2.05, 4.69) is 10.3 Å². The minimum absolute atomic E-state index is 0.0861. The second-order valence-electron chi connectivity index (χ2n) is 2.66.